The van der Waals surface area contributed by atoms with E-state index in [1.807, 2.05) is 0 Å². The van der Waals surface area contributed by atoms with Crippen molar-refractivity contribution in [3.05, 3.63) is 107 Å². The van der Waals surface area contributed by atoms with Crippen LogP contribution in [0.4, 0.5) is 13.2 Å². The monoisotopic (exact) mass is 407 g/mol. The van der Waals surface area contributed by atoms with Gasteiger partial charge in [0.05, 0.1) is 0 Å². The van der Waals surface area contributed by atoms with Gasteiger partial charge in [0, 0.05) is 5.92 Å². The van der Waals surface area contributed by atoms with Gasteiger partial charge in [0.1, 0.15) is 0 Å². The second kappa shape index (κ2) is 9.03. The van der Waals surface area contributed by atoms with Crippen LogP contribution in [-0.4, -0.2) is 18.5 Å². The SMILES string of the molecule is Cc1ccc(C(c2ccccc2)c2ccccc2)cc1.O=S(=O)([O-])C(F)(F)F. The predicted molar refractivity (Wildman–Crippen MR) is 101 cm³/mol. The lowest BCUT2D eigenvalue weighted by Crippen LogP contribution is -2.21. The number of alkyl halides is 3. The van der Waals surface area contributed by atoms with Gasteiger partial charge in [0.15, 0.2) is 10.1 Å². The quantitative estimate of drug-likeness (QED) is 0.340. The first-order valence-corrected chi connectivity index (χ1v) is 9.69. The van der Waals surface area contributed by atoms with E-state index in [2.05, 4.69) is 91.9 Å². The Bertz CT molecular complexity index is 929. The molecule has 3 aromatic rings. The topological polar surface area (TPSA) is 57.2 Å². The molecule has 0 aliphatic rings. The fourth-order valence-corrected chi connectivity index (χ4v) is 2.63. The number of hydrogen-bond donors (Lipinski definition) is 0. The first-order chi connectivity index (χ1) is 13.1. The van der Waals surface area contributed by atoms with Crippen LogP contribution < -0.4 is 0 Å². The first-order valence-electron chi connectivity index (χ1n) is 8.28. The molecule has 0 aromatic heterocycles. The van der Waals surface area contributed by atoms with Crippen LogP contribution >= 0.6 is 0 Å². The lowest BCUT2D eigenvalue weighted by molar-refractivity contribution is -0.0517. The number of benzene rings is 3. The van der Waals surface area contributed by atoms with Gasteiger partial charge in [0.25, 0.3) is 0 Å². The highest BCUT2D eigenvalue weighted by Gasteiger charge is 2.36. The molecule has 3 aromatic carbocycles. The summed E-state index contributed by atoms with van der Waals surface area (Å²) in [6.07, 6.45) is 0. The lowest BCUT2D eigenvalue weighted by atomic mass is 9.85. The smallest absolute Gasteiger partial charge is 0.485 e. The van der Waals surface area contributed by atoms with Crippen molar-refractivity contribution >= 4 is 10.1 Å². The van der Waals surface area contributed by atoms with E-state index in [1.165, 1.54) is 22.3 Å². The summed E-state index contributed by atoms with van der Waals surface area (Å²) in [6, 6.07) is 30.3. The summed E-state index contributed by atoms with van der Waals surface area (Å²) in [4.78, 5) is 0. The van der Waals surface area contributed by atoms with Gasteiger partial charge in [-0.15, -0.1) is 0 Å². The van der Waals surface area contributed by atoms with Gasteiger partial charge >= 0.3 is 5.51 Å². The fraction of sp³-hybridized carbons (Fsp3) is 0.143. The lowest BCUT2D eigenvalue weighted by Gasteiger charge is -2.19. The molecule has 0 aliphatic heterocycles. The summed E-state index contributed by atoms with van der Waals surface area (Å²) in [6.45, 7) is 2.13. The van der Waals surface area contributed by atoms with Crippen LogP contribution in [-0.2, 0) is 10.1 Å². The van der Waals surface area contributed by atoms with Crippen molar-refractivity contribution in [1.29, 1.82) is 0 Å². The molecule has 0 aliphatic carbocycles. The van der Waals surface area contributed by atoms with Crippen LogP contribution in [0.25, 0.3) is 0 Å². The first kappa shape index (κ1) is 21.7. The minimum Gasteiger partial charge on any atom is -0.741 e. The second-order valence-electron chi connectivity index (χ2n) is 6.06. The zero-order chi connectivity index (χ0) is 20.8. The van der Waals surface area contributed by atoms with Crippen molar-refractivity contribution < 1.29 is 26.1 Å². The Morgan fingerprint density at radius 1 is 0.714 bits per heavy atom. The average Bonchev–Trinajstić information content (AvgIpc) is 2.64. The second-order valence-corrected chi connectivity index (χ2v) is 7.44. The number of aryl methyl sites for hydroxylation is 1. The van der Waals surface area contributed by atoms with E-state index in [1.54, 1.807) is 0 Å². The van der Waals surface area contributed by atoms with E-state index in [0.29, 0.717) is 5.92 Å². The Morgan fingerprint density at radius 3 is 1.36 bits per heavy atom. The molecule has 3 nitrogen and oxygen atoms in total. The molecule has 0 saturated carbocycles. The van der Waals surface area contributed by atoms with E-state index in [0.717, 1.165) is 0 Å². The summed E-state index contributed by atoms with van der Waals surface area (Å²) in [5, 5.41) is 0. The predicted octanol–water partition coefficient (Wildman–Crippen LogP) is 5.23. The Labute approximate surface area is 162 Å². The Morgan fingerprint density at radius 2 is 1.04 bits per heavy atom. The molecule has 0 saturated heterocycles. The molecule has 0 atom stereocenters. The number of hydrogen-bond acceptors (Lipinski definition) is 3. The largest absolute Gasteiger partial charge is 0.741 e. The van der Waals surface area contributed by atoms with Crippen LogP contribution in [0.15, 0.2) is 84.9 Å². The molecule has 0 spiro atoms. The van der Waals surface area contributed by atoms with E-state index in [-0.39, 0.29) is 0 Å². The maximum Gasteiger partial charge on any atom is 0.485 e. The fourth-order valence-electron chi connectivity index (χ4n) is 2.63. The summed E-state index contributed by atoms with van der Waals surface area (Å²) < 4.78 is 58.9. The van der Waals surface area contributed by atoms with Crippen molar-refractivity contribution in [2.45, 2.75) is 18.3 Å². The third kappa shape index (κ3) is 5.94. The molecule has 3 rings (SSSR count). The van der Waals surface area contributed by atoms with E-state index < -0.39 is 15.6 Å². The summed E-state index contributed by atoms with van der Waals surface area (Å²) in [7, 11) is -6.09. The number of halogens is 3. The van der Waals surface area contributed by atoms with Crippen LogP contribution in [0.2, 0.25) is 0 Å². The molecule has 0 fully saturated rings. The highest BCUT2D eigenvalue weighted by atomic mass is 32.2. The van der Waals surface area contributed by atoms with E-state index in [9.17, 15) is 13.2 Å². The molecule has 0 amide bonds. The van der Waals surface area contributed by atoms with Gasteiger partial charge in [-0.25, -0.2) is 8.42 Å². The number of rotatable bonds is 3. The van der Waals surface area contributed by atoms with Gasteiger partial charge in [-0.05, 0) is 23.6 Å². The van der Waals surface area contributed by atoms with Crippen molar-refractivity contribution in [2.75, 3.05) is 0 Å². The third-order valence-electron chi connectivity index (χ3n) is 3.96. The molecule has 0 bridgehead atoms. The minimum absolute atomic E-state index is 0.304. The standard InChI is InChI=1S/C20H18.CHF3O3S/c1-16-12-14-19(15-13-16)20(17-8-4-2-5-9-17)18-10-6-3-7-11-18;2-1(3,4)8(5,6)7/h2-15,20H,1H3;(H,5,6,7)/p-1. The maximum absolute atomic E-state index is 10.7. The van der Waals surface area contributed by atoms with Crippen molar-refractivity contribution in [2.24, 2.45) is 0 Å². The zero-order valence-electron chi connectivity index (χ0n) is 14.9. The van der Waals surface area contributed by atoms with Gasteiger partial charge in [-0.1, -0.05) is 90.5 Å². The summed E-state index contributed by atoms with van der Waals surface area (Å²) in [5.41, 5.74) is -0.334. The Hall–Kier alpha value is -2.64. The molecular weight excluding hydrogens is 389 g/mol. The highest BCUT2D eigenvalue weighted by molar-refractivity contribution is 7.86. The Balaban J connectivity index is 0.000000300. The van der Waals surface area contributed by atoms with Crippen LogP contribution in [0.3, 0.4) is 0 Å². The minimum atomic E-state index is -6.09. The third-order valence-corrected chi connectivity index (χ3v) is 4.53. The molecule has 0 radical (unpaired) electrons. The molecule has 0 heterocycles. The molecule has 7 heteroatoms. The molecule has 0 unspecified atom stereocenters. The summed E-state index contributed by atoms with van der Waals surface area (Å²) >= 11 is 0. The molecule has 0 N–H and O–H groups in total. The summed E-state index contributed by atoms with van der Waals surface area (Å²) in [5.74, 6) is 0.304. The molecular formula is C21H18F3O3S-. The van der Waals surface area contributed by atoms with Crippen molar-refractivity contribution in [3.63, 3.8) is 0 Å². The normalized spacial score (nSPS) is 11.6. The van der Waals surface area contributed by atoms with Gasteiger partial charge in [0.2, 0.25) is 0 Å². The maximum atomic E-state index is 10.7. The molecule has 148 valence electrons. The average molecular weight is 407 g/mol. The van der Waals surface area contributed by atoms with Crippen LogP contribution in [0.1, 0.15) is 28.2 Å². The van der Waals surface area contributed by atoms with Crippen molar-refractivity contribution in [1.82, 2.24) is 0 Å². The van der Waals surface area contributed by atoms with Gasteiger partial charge in [-0.3, -0.25) is 0 Å². The Kier molecular flexibility index (Phi) is 6.99. The molecule has 28 heavy (non-hydrogen) atoms. The van der Waals surface area contributed by atoms with Crippen LogP contribution in [0.5, 0.6) is 0 Å². The van der Waals surface area contributed by atoms with Crippen LogP contribution in [0, 0.1) is 6.92 Å². The zero-order valence-corrected chi connectivity index (χ0v) is 15.7. The van der Waals surface area contributed by atoms with Gasteiger partial charge < -0.3 is 4.55 Å². The van der Waals surface area contributed by atoms with E-state index >= 15 is 0 Å². The van der Waals surface area contributed by atoms with E-state index in [4.69, 9.17) is 13.0 Å². The highest BCUT2D eigenvalue weighted by Crippen LogP contribution is 2.31. The van der Waals surface area contributed by atoms with Crippen molar-refractivity contribution in [3.8, 4) is 0 Å². The van der Waals surface area contributed by atoms with Gasteiger partial charge in [-0.2, -0.15) is 13.2 Å².